The largest absolute Gasteiger partial charge is 0.489 e. The Morgan fingerprint density at radius 3 is 2.37 bits per heavy atom. The number of benzene rings is 2. The van der Waals surface area contributed by atoms with Crippen LogP contribution in [0, 0.1) is 5.92 Å². The Balaban J connectivity index is 1.54. The van der Waals surface area contributed by atoms with Gasteiger partial charge in [0.2, 0.25) is 11.8 Å². The normalized spacial score (nSPS) is 17.1. The van der Waals surface area contributed by atoms with Crippen molar-refractivity contribution in [1.29, 1.82) is 0 Å². The van der Waals surface area contributed by atoms with E-state index < -0.39 is 0 Å². The van der Waals surface area contributed by atoms with Crippen LogP contribution in [0.15, 0.2) is 54.6 Å². The summed E-state index contributed by atoms with van der Waals surface area (Å²) in [7, 11) is 0. The van der Waals surface area contributed by atoms with Gasteiger partial charge in [0.15, 0.2) is 0 Å². The summed E-state index contributed by atoms with van der Waals surface area (Å²) in [6, 6.07) is 17.3. The highest BCUT2D eigenvalue weighted by atomic mass is 16.5. The van der Waals surface area contributed by atoms with Crippen LogP contribution in [0.4, 0.5) is 5.69 Å². The van der Waals surface area contributed by atoms with Gasteiger partial charge in [-0.05, 0) is 50.6 Å². The summed E-state index contributed by atoms with van der Waals surface area (Å²) < 4.78 is 5.75. The Bertz CT molecular complexity index is 795. The fraction of sp³-hybridized carbons (Fsp3) is 0.364. The summed E-state index contributed by atoms with van der Waals surface area (Å²) in [5.41, 5.74) is 1.54. The Labute approximate surface area is 160 Å². The molecule has 27 heavy (non-hydrogen) atoms. The first kappa shape index (κ1) is 19.0. The molecular weight excluding hydrogens is 340 g/mol. The molecule has 5 heteroatoms. The van der Waals surface area contributed by atoms with E-state index in [1.807, 2.05) is 75.4 Å². The first-order chi connectivity index (χ1) is 12.8. The third-order valence-electron chi connectivity index (χ3n) is 4.68. The van der Waals surface area contributed by atoms with Crippen LogP contribution in [0.1, 0.15) is 32.8 Å². The zero-order valence-electron chi connectivity index (χ0n) is 16.1. The van der Waals surface area contributed by atoms with Crippen LogP contribution >= 0.6 is 0 Å². The van der Waals surface area contributed by atoms with Gasteiger partial charge in [-0.3, -0.25) is 9.59 Å². The number of nitrogens with zero attached hydrogens (tertiary/aromatic N) is 1. The molecule has 0 unspecified atom stereocenters. The van der Waals surface area contributed by atoms with E-state index in [4.69, 9.17) is 4.74 Å². The zero-order valence-corrected chi connectivity index (χ0v) is 16.1. The molecule has 0 saturated carbocycles. The van der Waals surface area contributed by atoms with Crippen molar-refractivity contribution in [3.8, 4) is 5.75 Å². The van der Waals surface area contributed by atoms with Crippen molar-refractivity contribution in [2.24, 2.45) is 5.92 Å². The Morgan fingerprint density at radius 2 is 1.78 bits per heavy atom. The summed E-state index contributed by atoms with van der Waals surface area (Å²) in [6.45, 7) is 6.92. The smallest absolute Gasteiger partial charge is 0.229 e. The molecule has 1 N–H and O–H groups in total. The molecule has 5 nitrogen and oxygen atoms in total. The van der Waals surface area contributed by atoms with Gasteiger partial charge in [0.25, 0.3) is 0 Å². The summed E-state index contributed by atoms with van der Waals surface area (Å²) in [4.78, 5) is 26.4. The molecule has 2 aromatic rings. The lowest BCUT2D eigenvalue weighted by Crippen LogP contribution is -2.42. The average Bonchev–Trinajstić information content (AvgIpc) is 3.04. The van der Waals surface area contributed by atoms with Gasteiger partial charge in [-0.25, -0.2) is 0 Å². The first-order valence-corrected chi connectivity index (χ1v) is 9.21. The fourth-order valence-electron chi connectivity index (χ4n) is 3.15. The molecule has 0 radical (unpaired) electrons. The van der Waals surface area contributed by atoms with E-state index in [1.54, 1.807) is 4.90 Å². The second-order valence-electron chi connectivity index (χ2n) is 7.86. The van der Waals surface area contributed by atoms with E-state index in [2.05, 4.69) is 5.32 Å². The number of nitrogens with one attached hydrogen (secondary N) is 1. The maximum absolute atomic E-state index is 12.5. The van der Waals surface area contributed by atoms with Crippen molar-refractivity contribution in [2.75, 3.05) is 11.9 Å². The van der Waals surface area contributed by atoms with Crippen molar-refractivity contribution in [3.05, 3.63) is 60.2 Å². The van der Waals surface area contributed by atoms with Crippen LogP contribution in [-0.2, 0) is 16.2 Å². The average molecular weight is 366 g/mol. The monoisotopic (exact) mass is 366 g/mol. The predicted octanol–water partition coefficient (Wildman–Crippen LogP) is 3.85. The zero-order chi connectivity index (χ0) is 19.4. The molecule has 1 aliphatic heterocycles. The lowest BCUT2D eigenvalue weighted by molar-refractivity contribution is -0.131. The molecule has 1 atom stereocenters. The van der Waals surface area contributed by atoms with Crippen molar-refractivity contribution >= 4 is 17.5 Å². The Kier molecular flexibility index (Phi) is 5.49. The standard InChI is InChI=1S/C22H26N2O3/c1-22(2,3)24-14-17(13-20(24)25)21(26)23-18-9-11-19(12-10-18)27-15-16-7-5-4-6-8-16/h4-12,17H,13-15H2,1-3H3,(H,23,26)/t17-/m1/s1. The molecular formula is C22H26N2O3. The van der Waals surface area contributed by atoms with Crippen LogP contribution < -0.4 is 10.1 Å². The van der Waals surface area contributed by atoms with E-state index >= 15 is 0 Å². The minimum atomic E-state index is -0.314. The fourth-order valence-corrected chi connectivity index (χ4v) is 3.15. The second kappa shape index (κ2) is 7.82. The molecule has 2 amide bonds. The van der Waals surface area contributed by atoms with Gasteiger partial charge < -0.3 is 15.0 Å². The predicted molar refractivity (Wildman–Crippen MR) is 105 cm³/mol. The van der Waals surface area contributed by atoms with Crippen molar-refractivity contribution in [3.63, 3.8) is 0 Å². The molecule has 0 spiro atoms. The van der Waals surface area contributed by atoms with Crippen molar-refractivity contribution < 1.29 is 14.3 Å². The number of likely N-dealkylation sites (tertiary alicyclic amines) is 1. The summed E-state index contributed by atoms with van der Waals surface area (Å²) in [5, 5.41) is 2.90. The van der Waals surface area contributed by atoms with Gasteiger partial charge in [-0.1, -0.05) is 30.3 Å². The minimum Gasteiger partial charge on any atom is -0.489 e. The summed E-state index contributed by atoms with van der Waals surface area (Å²) in [5.74, 6) is 0.345. The third kappa shape index (κ3) is 4.88. The number of hydrogen-bond acceptors (Lipinski definition) is 3. The van der Waals surface area contributed by atoms with E-state index in [0.717, 1.165) is 11.3 Å². The Hall–Kier alpha value is -2.82. The van der Waals surface area contributed by atoms with Gasteiger partial charge in [-0.15, -0.1) is 0 Å². The number of hydrogen-bond donors (Lipinski definition) is 1. The van der Waals surface area contributed by atoms with E-state index in [0.29, 0.717) is 18.8 Å². The number of amides is 2. The summed E-state index contributed by atoms with van der Waals surface area (Å²) >= 11 is 0. The van der Waals surface area contributed by atoms with E-state index in [9.17, 15) is 9.59 Å². The molecule has 0 aromatic heterocycles. The van der Waals surface area contributed by atoms with E-state index in [-0.39, 0.29) is 29.7 Å². The number of ether oxygens (including phenoxy) is 1. The maximum Gasteiger partial charge on any atom is 0.229 e. The SMILES string of the molecule is CC(C)(C)N1C[C@H](C(=O)Nc2ccc(OCc3ccccc3)cc2)CC1=O. The molecule has 1 heterocycles. The highest BCUT2D eigenvalue weighted by Crippen LogP contribution is 2.27. The van der Waals surface area contributed by atoms with Crippen LogP contribution in [0.2, 0.25) is 0 Å². The molecule has 142 valence electrons. The number of carbonyl (C=O) groups excluding carboxylic acids is 2. The second-order valence-corrected chi connectivity index (χ2v) is 7.86. The van der Waals surface area contributed by atoms with Gasteiger partial charge >= 0.3 is 0 Å². The van der Waals surface area contributed by atoms with Crippen LogP contribution in [0.3, 0.4) is 0 Å². The van der Waals surface area contributed by atoms with Crippen molar-refractivity contribution in [1.82, 2.24) is 4.90 Å². The highest BCUT2D eigenvalue weighted by molar-refractivity contribution is 5.97. The van der Waals surface area contributed by atoms with Crippen LogP contribution in [-0.4, -0.2) is 28.8 Å². The molecule has 3 rings (SSSR count). The summed E-state index contributed by atoms with van der Waals surface area (Å²) in [6.07, 6.45) is 0.265. The lowest BCUT2D eigenvalue weighted by atomic mass is 10.1. The minimum absolute atomic E-state index is 0.0345. The quantitative estimate of drug-likeness (QED) is 0.874. The topological polar surface area (TPSA) is 58.6 Å². The van der Waals surface area contributed by atoms with Gasteiger partial charge in [0.1, 0.15) is 12.4 Å². The highest BCUT2D eigenvalue weighted by Gasteiger charge is 2.39. The van der Waals surface area contributed by atoms with Crippen LogP contribution in [0.25, 0.3) is 0 Å². The molecule has 1 fully saturated rings. The van der Waals surface area contributed by atoms with Gasteiger partial charge in [-0.2, -0.15) is 0 Å². The molecule has 0 aliphatic carbocycles. The molecule has 2 aromatic carbocycles. The third-order valence-corrected chi connectivity index (χ3v) is 4.68. The number of rotatable bonds is 5. The van der Waals surface area contributed by atoms with Gasteiger partial charge in [0.05, 0.1) is 5.92 Å². The number of carbonyl (C=O) groups is 2. The number of anilines is 1. The Morgan fingerprint density at radius 1 is 1.11 bits per heavy atom. The van der Waals surface area contributed by atoms with E-state index in [1.165, 1.54) is 0 Å². The van der Waals surface area contributed by atoms with Crippen LogP contribution in [0.5, 0.6) is 5.75 Å². The lowest BCUT2D eigenvalue weighted by Gasteiger charge is -2.31. The molecule has 0 bridgehead atoms. The molecule has 1 aliphatic rings. The molecule has 1 saturated heterocycles. The van der Waals surface area contributed by atoms with Gasteiger partial charge in [0, 0.05) is 24.2 Å². The maximum atomic E-state index is 12.5. The van der Waals surface area contributed by atoms with Crippen molar-refractivity contribution in [2.45, 2.75) is 39.3 Å². The first-order valence-electron chi connectivity index (χ1n) is 9.21.